The standard InChI is InChI=1S/C29H28FN3O3/c30-25-9-7-23(8-10-25)29(35)24-12-14-33(15-13-24)20-26(18-27-5-2-16-36-27)32-28(34)11-6-21-3-1-4-22(17-21)19-31/h1-11,16-17,24,26H,12-15,18,20H2,(H,32,34)/b11-6+. The van der Waals surface area contributed by atoms with Crippen LogP contribution in [0.15, 0.2) is 77.4 Å². The summed E-state index contributed by atoms with van der Waals surface area (Å²) in [5, 5.41) is 12.1. The number of carbonyl (C=O) groups is 2. The minimum absolute atomic E-state index is 0.0562. The molecular formula is C29H28FN3O3. The summed E-state index contributed by atoms with van der Waals surface area (Å²) >= 11 is 0. The molecule has 1 aromatic heterocycles. The molecule has 0 bridgehead atoms. The first kappa shape index (κ1) is 25.1. The fourth-order valence-electron chi connectivity index (χ4n) is 4.51. The van der Waals surface area contributed by atoms with Crippen LogP contribution in [0.25, 0.3) is 6.08 Å². The van der Waals surface area contributed by atoms with E-state index >= 15 is 0 Å². The summed E-state index contributed by atoms with van der Waals surface area (Å²) in [7, 11) is 0. The molecule has 6 nitrogen and oxygen atoms in total. The number of rotatable bonds is 9. The molecule has 4 rings (SSSR count). The van der Waals surface area contributed by atoms with Crippen LogP contribution in [0, 0.1) is 23.1 Å². The lowest BCUT2D eigenvalue weighted by molar-refractivity contribution is -0.117. The number of hydrogen-bond donors (Lipinski definition) is 1. The maximum atomic E-state index is 13.2. The van der Waals surface area contributed by atoms with Crippen LogP contribution < -0.4 is 5.32 Å². The third-order valence-electron chi connectivity index (χ3n) is 6.38. The number of nitriles is 1. The number of ketones is 1. The smallest absolute Gasteiger partial charge is 0.244 e. The number of likely N-dealkylation sites (tertiary alicyclic amines) is 1. The monoisotopic (exact) mass is 485 g/mol. The third-order valence-corrected chi connectivity index (χ3v) is 6.38. The highest BCUT2D eigenvalue weighted by molar-refractivity contribution is 5.97. The summed E-state index contributed by atoms with van der Waals surface area (Å²) in [6.45, 7) is 2.10. The number of piperidine rings is 1. The van der Waals surface area contributed by atoms with Gasteiger partial charge in [-0.25, -0.2) is 4.39 Å². The van der Waals surface area contributed by atoms with Crippen LogP contribution in [0.4, 0.5) is 4.39 Å². The molecule has 0 saturated carbocycles. The van der Waals surface area contributed by atoms with E-state index in [1.807, 2.05) is 18.2 Å². The molecule has 1 aliphatic heterocycles. The molecule has 1 N–H and O–H groups in total. The summed E-state index contributed by atoms with van der Waals surface area (Å²) < 4.78 is 18.7. The Kier molecular flexibility index (Phi) is 8.43. The molecule has 3 aromatic rings. The Hall–Kier alpha value is -4.02. The summed E-state index contributed by atoms with van der Waals surface area (Å²) in [6, 6.07) is 18.4. The molecule has 184 valence electrons. The Labute approximate surface area is 210 Å². The molecule has 0 spiro atoms. The van der Waals surface area contributed by atoms with E-state index in [1.165, 1.54) is 18.2 Å². The topological polar surface area (TPSA) is 86.3 Å². The van der Waals surface area contributed by atoms with Crippen molar-refractivity contribution in [1.82, 2.24) is 10.2 Å². The Balaban J connectivity index is 1.34. The Morgan fingerprint density at radius 2 is 1.92 bits per heavy atom. The van der Waals surface area contributed by atoms with E-state index in [1.54, 1.807) is 42.7 Å². The molecule has 36 heavy (non-hydrogen) atoms. The molecule has 1 saturated heterocycles. The van der Waals surface area contributed by atoms with Crippen molar-refractivity contribution in [3.63, 3.8) is 0 Å². The fourth-order valence-corrected chi connectivity index (χ4v) is 4.51. The lowest BCUT2D eigenvalue weighted by Crippen LogP contribution is -2.47. The quantitative estimate of drug-likeness (QED) is 0.353. The van der Waals surface area contributed by atoms with E-state index in [0.717, 1.165) is 24.4 Å². The number of carbonyl (C=O) groups excluding carboxylic acids is 2. The Morgan fingerprint density at radius 1 is 1.14 bits per heavy atom. The maximum absolute atomic E-state index is 13.2. The van der Waals surface area contributed by atoms with Crippen LogP contribution in [-0.4, -0.2) is 42.3 Å². The number of Topliss-reactive ketones (excluding diaryl/α,β-unsaturated/α-hetero) is 1. The van der Waals surface area contributed by atoms with E-state index in [0.29, 0.717) is 36.9 Å². The molecule has 1 fully saturated rings. The predicted molar refractivity (Wildman–Crippen MR) is 134 cm³/mol. The van der Waals surface area contributed by atoms with Crippen LogP contribution in [0.2, 0.25) is 0 Å². The predicted octanol–water partition coefficient (Wildman–Crippen LogP) is 4.63. The van der Waals surface area contributed by atoms with E-state index in [-0.39, 0.29) is 29.5 Å². The molecule has 1 amide bonds. The average molecular weight is 486 g/mol. The normalized spacial score (nSPS) is 15.4. The zero-order valence-electron chi connectivity index (χ0n) is 19.9. The van der Waals surface area contributed by atoms with Crippen LogP contribution in [0.5, 0.6) is 0 Å². The summed E-state index contributed by atoms with van der Waals surface area (Å²) in [5.74, 6) is 0.178. The first-order valence-corrected chi connectivity index (χ1v) is 12.0. The van der Waals surface area contributed by atoms with Gasteiger partial charge in [-0.1, -0.05) is 12.1 Å². The molecule has 2 heterocycles. The highest BCUT2D eigenvalue weighted by Gasteiger charge is 2.27. The average Bonchev–Trinajstić information content (AvgIpc) is 3.41. The van der Waals surface area contributed by atoms with Crippen molar-refractivity contribution in [2.24, 2.45) is 5.92 Å². The van der Waals surface area contributed by atoms with Crippen LogP contribution >= 0.6 is 0 Å². The van der Waals surface area contributed by atoms with Gasteiger partial charge in [0.25, 0.3) is 0 Å². The largest absolute Gasteiger partial charge is 0.469 e. The minimum atomic E-state index is -0.350. The van der Waals surface area contributed by atoms with Gasteiger partial charge in [0.2, 0.25) is 5.91 Å². The minimum Gasteiger partial charge on any atom is -0.469 e. The van der Waals surface area contributed by atoms with Crippen molar-refractivity contribution in [2.45, 2.75) is 25.3 Å². The number of nitrogens with one attached hydrogen (secondary N) is 1. The van der Waals surface area contributed by atoms with E-state index in [9.17, 15) is 14.0 Å². The second-order valence-corrected chi connectivity index (χ2v) is 9.01. The van der Waals surface area contributed by atoms with Gasteiger partial charge >= 0.3 is 0 Å². The van der Waals surface area contributed by atoms with Crippen molar-refractivity contribution in [3.8, 4) is 6.07 Å². The number of benzene rings is 2. The maximum Gasteiger partial charge on any atom is 0.244 e. The Morgan fingerprint density at radius 3 is 2.61 bits per heavy atom. The van der Waals surface area contributed by atoms with Crippen molar-refractivity contribution in [2.75, 3.05) is 19.6 Å². The number of halogens is 1. The van der Waals surface area contributed by atoms with Gasteiger partial charge in [-0.2, -0.15) is 5.26 Å². The highest BCUT2D eigenvalue weighted by atomic mass is 19.1. The van der Waals surface area contributed by atoms with Crippen molar-refractivity contribution < 1.29 is 18.4 Å². The molecule has 1 aliphatic rings. The van der Waals surface area contributed by atoms with Gasteiger partial charge < -0.3 is 14.6 Å². The molecule has 7 heteroatoms. The summed E-state index contributed by atoms with van der Waals surface area (Å²) in [5.41, 5.74) is 1.86. The molecule has 1 atom stereocenters. The van der Waals surface area contributed by atoms with Gasteiger partial charge in [0.05, 0.1) is 17.9 Å². The number of nitrogens with zero attached hydrogens (tertiary/aromatic N) is 2. The first-order valence-electron chi connectivity index (χ1n) is 12.0. The zero-order valence-corrected chi connectivity index (χ0v) is 19.9. The van der Waals surface area contributed by atoms with E-state index in [4.69, 9.17) is 9.68 Å². The van der Waals surface area contributed by atoms with E-state index in [2.05, 4.69) is 16.3 Å². The fraction of sp³-hybridized carbons (Fsp3) is 0.276. The van der Waals surface area contributed by atoms with Gasteiger partial charge in [-0.3, -0.25) is 9.59 Å². The molecule has 0 aliphatic carbocycles. The van der Waals surface area contributed by atoms with Gasteiger partial charge in [0.15, 0.2) is 5.78 Å². The number of amides is 1. The van der Waals surface area contributed by atoms with E-state index < -0.39 is 0 Å². The van der Waals surface area contributed by atoms with Crippen LogP contribution in [0.1, 0.15) is 40.1 Å². The molecule has 2 aromatic carbocycles. The Bertz CT molecular complexity index is 1240. The molecule has 0 radical (unpaired) electrons. The highest BCUT2D eigenvalue weighted by Crippen LogP contribution is 2.22. The SMILES string of the molecule is N#Cc1cccc(/C=C/C(=O)NC(Cc2ccco2)CN2CCC(C(=O)c3ccc(F)cc3)CC2)c1. The van der Waals surface area contributed by atoms with Crippen molar-refractivity contribution in [1.29, 1.82) is 5.26 Å². The third kappa shape index (κ3) is 7.00. The number of furan rings is 1. The molecular weight excluding hydrogens is 457 g/mol. The lowest BCUT2D eigenvalue weighted by Gasteiger charge is -2.33. The van der Waals surface area contributed by atoms with Gasteiger partial charge in [0.1, 0.15) is 11.6 Å². The first-order chi connectivity index (χ1) is 17.5. The summed E-state index contributed by atoms with van der Waals surface area (Å²) in [6.07, 6.45) is 6.75. The summed E-state index contributed by atoms with van der Waals surface area (Å²) in [4.78, 5) is 27.7. The number of hydrogen-bond acceptors (Lipinski definition) is 5. The lowest BCUT2D eigenvalue weighted by atomic mass is 9.88. The van der Waals surface area contributed by atoms with Crippen molar-refractivity contribution >= 4 is 17.8 Å². The second-order valence-electron chi connectivity index (χ2n) is 9.01. The zero-order chi connectivity index (χ0) is 25.3. The van der Waals surface area contributed by atoms with Gasteiger partial charge in [-0.15, -0.1) is 0 Å². The van der Waals surface area contributed by atoms with Crippen LogP contribution in [0.3, 0.4) is 0 Å². The second kappa shape index (κ2) is 12.1. The van der Waals surface area contributed by atoms with Gasteiger partial charge in [0, 0.05) is 36.6 Å². The van der Waals surface area contributed by atoms with Gasteiger partial charge in [-0.05, 0) is 86.1 Å². The van der Waals surface area contributed by atoms with Crippen LogP contribution in [-0.2, 0) is 11.2 Å². The van der Waals surface area contributed by atoms with Crippen molar-refractivity contribution in [3.05, 3.63) is 101 Å². The molecule has 1 unspecified atom stereocenters.